The van der Waals surface area contributed by atoms with E-state index >= 15 is 0 Å². The van der Waals surface area contributed by atoms with Crippen molar-refractivity contribution in [3.63, 3.8) is 0 Å². The second-order valence-corrected chi connectivity index (χ2v) is 7.44. The number of rotatable bonds is 7. The van der Waals surface area contributed by atoms with Crippen LogP contribution in [0.25, 0.3) is 10.9 Å². The van der Waals surface area contributed by atoms with Crippen LogP contribution in [0.2, 0.25) is 0 Å². The summed E-state index contributed by atoms with van der Waals surface area (Å²) in [6, 6.07) is 20.1. The van der Waals surface area contributed by atoms with Crippen LogP contribution in [0.5, 0.6) is 23.1 Å². The van der Waals surface area contributed by atoms with Gasteiger partial charge in [-0.25, -0.2) is 4.98 Å². The number of benzene rings is 2. The number of fused-ring (bicyclic) bond motifs is 1. The number of methoxy groups -OCH3 is 1. The highest BCUT2D eigenvalue weighted by molar-refractivity contribution is 5.79. The first-order chi connectivity index (χ1) is 14.8. The van der Waals surface area contributed by atoms with Gasteiger partial charge in [-0.1, -0.05) is 30.3 Å². The van der Waals surface area contributed by atoms with Gasteiger partial charge in [-0.15, -0.1) is 0 Å². The van der Waals surface area contributed by atoms with Gasteiger partial charge in [0.05, 0.1) is 18.8 Å². The molecule has 1 saturated carbocycles. The Kier molecular flexibility index (Phi) is 4.93. The lowest BCUT2D eigenvalue weighted by molar-refractivity contribution is 0.271. The van der Waals surface area contributed by atoms with E-state index in [2.05, 4.69) is 34.2 Å². The van der Waals surface area contributed by atoms with E-state index in [1.807, 2.05) is 30.3 Å². The number of hydrogen-bond donors (Lipinski definition) is 0. The largest absolute Gasteiger partial charge is 0.491 e. The molecule has 2 heterocycles. The van der Waals surface area contributed by atoms with Crippen LogP contribution in [0.3, 0.4) is 0 Å². The Hall–Kier alpha value is -3.60. The van der Waals surface area contributed by atoms with Crippen LogP contribution < -0.4 is 14.2 Å². The van der Waals surface area contributed by atoms with E-state index in [0.717, 1.165) is 22.4 Å². The third-order valence-electron chi connectivity index (χ3n) is 5.23. The van der Waals surface area contributed by atoms with E-state index in [0.29, 0.717) is 29.7 Å². The molecule has 0 N–H and O–H groups in total. The molecule has 150 valence electrons. The quantitative estimate of drug-likeness (QED) is 0.389. The number of aromatic nitrogens is 2. The Labute approximate surface area is 175 Å². The predicted octanol–water partition coefficient (Wildman–Crippen LogP) is 5.89. The number of nitrogens with zero attached hydrogens (tertiary/aromatic N) is 2. The molecule has 0 unspecified atom stereocenters. The summed E-state index contributed by atoms with van der Waals surface area (Å²) in [6.07, 6.45) is 6.03. The zero-order valence-electron chi connectivity index (χ0n) is 16.7. The Morgan fingerprint density at radius 3 is 2.60 bits per heavy atom. The molecule has 0 atom stereocenters. The summed E-state index contributed by atoms with van der Waals surface area (Å²) in [4.78, 5) is 8.72. The number of ether oxygens (including phenoxy) is 3. The molecular formula is C25H22N2O3. The van der Waals surface area contributed by atoms with Crippen LogP contribution in [0, 0.1) is 0 Å². The van der Waals surface area contributed by atoms with Gasteiger partial charge in [0, 0.05) is 17.6 Å². The lowest BCUT2D eigenvalue weighted by Crippen LogP contribution is -2.00. The molecule has 30 heavy (non-hydrogen) atoms. The van der Waals surface area contributed by atoms with Crippen molar-refractivity contribution in [1.29, 1.82) is 0 Å². The molecule has 5 nitrogen and oxygen atoms in total. The highest BCUT2D eigenvalue weighted by Gasteiger charge is 2.22. The van der Waals surface area contributed by atoms with E-state index in [4.69, 9.17) is 14.2 Å². The smallest absolute Gasteiger partial charge is 0.257 e. The molecule has 0 spiro atoms. The maximum atomic E-state index is 5.96. The second-order valence-electron chi connectivity index (χ2n) is 7.44. The van der Waals surface area contributed by atoms with Crippen LogP contribution in [0.15, 0.2) is 73.1 Å². The van der Waals surface area contributed by atoms with Crippen molar-refractivity contribution in [2.75, 3.05) is 7.11 Å². The van der Waals surface area contributed by atoms with Crippen LogP contribution in [0.1, 0.15) is 29.9 Å². The standard InChI is InChI=1S/C25H22N2O3/c1-28-24-14-22(30-21-10-11-23-20(13-21)3-2-12-26-23)15-27-25(24)29-16-17-4-6-18(7-5-17)19-8-9-19/h2-7,10-15,19H,8-9,16H2,1H3. The molecule has 0 radical (unpaired) electrons. The first kappa shape index (κ1) is 18.4. The lowest BCUT2D eigenvalue weighted by Gasteiger charge is -2.12. The minimum atomic E-state index is 0.437. The average Bonchev–Trinajstić information content (AvgIpc) is 3.64. The van der Waals surface area contributed by atoms with Gasteiger partial charge in [-0.2, -0.15) is 0 Å². The molecule has 2 aromatic heterocycles. The third kappa shape index (κ3) is 4.06. The van der Waals surface area contributed by atoms with Crippen molar-refractivity contribution < 1.29 is 14.2 Å². The van der Waals surface area contributed by atoms with Gasteiger partial charge in [-0.3, -0.25) is 4.98 Å². The molecule has 0 saturated heterocycles. The Morgan fingerprint density at radius 2 is 1.80 bits per heavy atom. The van der Waals surface area contributed by atoms with Crippen LogP contribution >= 0.6 is 0 Å². The zero-order valence-corrected chi connectivity index (χ0v) is 16.7. The Balaban J connectivity index is 1.28. The predicted molar refractivity (Wildman–Crippen MR) is 115 cm³/mol. The highest BCUT2D eigenvalue weighted by Crippen LogP contribution is 2.40. The summed E-state index contributed by atoms with van der Waals surface area (Å²) in [5, 5.41) is 1.02. The maximum absolute atomic E-state index is 5.96. The fourth-order valence-corrected chi connectivity index (χ4v) is 3.43. The fraction of sp³-hybridized carbons (Fsp3) is 0.200. The van der Waals surface area contributed by atoms with Gasteiger partial charge in [-0.05, 0) is 54.2 Å². The molecular weight excluding hydrogens is 376 g/mol. The van der Waals surface area contributed by atoms with Gasteiger partial charge in [0.1, 0.15) is 18.1 Å². The molecule has 5 rings (SSSR count). The van der Waals surface area contributed by atoms with Gasteiger partial charge >= 0.3 is 0 Å². The second kappa shape index (κ2) is 8.03. The van der Waals surface area contributed by atoms with Crippen molar-refractivity contribution in [2.24, 2.45) is 0 Å². The minimum Gasteiger partial charge on any atom is -0.491 e. The monoisotopic (exact) mass is 398 g/mol. The molecule has 4 aromatic rings. The normalized spacial score (nSPS) is 13.2. The van der Waals surface area contributed by atoms with Crippen LogP contribution in [-0.4, -0.2) is 17.1 Å². The molecule has 0 amide bonds. The summed E-state index contributed by atoms with van der Waals surface area (Å²) < 4.78 is 17.3. The summed E-state index contributed by atoms with van der Waals surface area (Å²) in [5.74, 6) is 3.02. The summed E-state index contributed by atoms with van der Waals surface area (Å²) in [5.41, 5.74) is 3.45. The molecule has 1 fully saturated rings. The zero-order chi connectivity index (χ0) is 20.3. The number of hydrogen-bond acceptors (Lipinski definition) is 5. The SMILES string of the molecule is COc1cc(Oc2ccc3ncccc3c2)cnc1OCc1ccc(C2CC2)cc1. The summed E-state index contributed by atoms with van der Waals surface area (Å²) >= 11 is 0. The van der Waals surface area contributed by atoms with Gasteiger partial charge in [0.2, 0.25) is 0 Å². The first-order valence-corrected chi connectivity index (χ1v) is 10.1. The molecule has 0 aliphatic heterocycles. The van der Waals surface area contributed by atoms with Crippen molar-refractivity contribution in [3.05, 3.63) is 84.2 Å². The molecule has 5 heteroatoms. The summed E-state index contributed by atoms with van der Waals surface area (Å²) in [7, 11) is 1.60. The number of pyridine rings is 2. The Morgan fingerprint density at radius 1 is 0.933 bits per heavy atom. The van der Waals surface area contributed by atoms with Crippen LogP contribution in [-0.2, 0) is 6.61 Å². The first-order valence-electron chi connectivity index (χ1n) is 10.1. The lowest BCUT2D eigenvalue weighted by atomic mass is 10.1. The van der Waals surface area contributed by atoms with E-state index in [-0.39, 0.29) is 0 Å². The van der Waals surface area contributed by atoms with Crippen molar-refractivity contribution in [3.8, 4) is 23.1 Å². The van der Waals surface area contributed by atoms with E-state index in [1.165, 1.54) is 18.4 Å². The Bertz CT molecular complexity index is 1170. The molecule has 1 aliphatic carbocycles. The van der Waals surface area contributed by atoms with Crippen LogP contribution in [0.4, 0.5) is 0 Å². The van der Waals surface area contributed by atoms with Gasteiger partial charge < -0.3 is 14.2 Å². The maximum Gasteiger partial charge on any atom is 0.257 e. The fourth-order valence-electron chi connectivity index (χ4n) is 3.43. The van der Waals surface area contributed by atoms with Crippen molar-refractivity contribution in [1.82, 2.24) is 9.97 Å². The average molecular weight is 398 g/mol. The van der Waals surface area contributed by atoms with Crippen molar-refractivity contribution in [2.45, 2.75) is 25.4 Å². The van der Waals surface area contributed by atoms with Crippen molar-refractivity contribution >= 4 is 10.9 Å². The highest BCUT2D eigenvalue weighted by atomic mass is 16.5. The molecule has 0 bridgehead atoms. The van der Waals surface area contributed by atoms with E-state index < -0.39 is 0 Å². The minimum absolute atomic E-state index is 0.437. The topological polar surface area (TPSA) is 53.5 Å². The third-order valence-corrected chi connectivity index (χ3v) is 5.23. The van der Waals surface area contributed by atoms with E-state index in [1.54, 1.807) is 25.6 Å². The molecule has 1 aliphatic rings. The molecule has 2 aromatic carbocycles. The van der Waals surface area contributed by atoms with Gasteiger partial charge in [0.15, 0.2) is 5.75 Å². The van der Waals surface area contributed by atoms with E-state index in [9.17, 15) is 0 Å². The van der Waals surface area contributed by atoms with Gasteiger partial charge in [0.25, 0.3) is 5.88 Å². The summed E-state index contributed by atoms with van der Waals surface area (Å²) in [6.45, 7) is 0.437.